The lowest BCUT2D eigenvalue weighted by Gasteiger charge is -2.19. The minimum absolute atomic E-state index is 0.0570. The van der Waals surface area contributed by atoms with Crippen molar-refractivity contribution in [2.45, 2.75) is 13.8 Å². The van der Waals surface area contributed by atoms with Crippen molar-refractivity contribution in [2.75, 3.05) is 6.54 Å². The number of amides is 1. The molecule has 0 bridgehead atoms. The van der Waals surface area contributed by atoms with Gasteiger partial charge in [-0.25, -0.2) is 0 Å². The molecule has 18 heavy (non-hydrogen) atoms. The number of benzene rings is 1. The fraction of sp³-hybridized carbons (Fsp3) is 0.333. The molecule has 1 amide bonds. The largest absolute Gasteiger partial charge is 0.481 e. The summed E-state index contributed by atoms with van der Waals surface area (Å²) >= 11 is 9.04. The Labute approximate surface area is 118 Å². The molecule has 1 aromatic carbocycles. The number of carbonyl (C=O) groups is 2. The van der Waals surface area contributed by atoms with Gasteiger partial charge in [-0.3, -0.25) is 9.59 Å². The Bertz CT molecular complexity index is 488. The summed E-state index contributed by atoms with van der Waals surface area (Å²) in [7, 11) is 0. The Morgan fingerprint density at radius 1 is 1.44 bits per heavy atom. The summed E-state index contributed by atoms with van der Waals surface area (Å²) in [4.78, 5) is 22.7. The van der Waals surface area contributed by atoms with E-state index in [-0.39, 0.29) is 12.5 Å². The van der Waals surface area contributed by atoms with E-state index >= 15 is 0 Å². The zero-order valence-corrected chi connectivity index (χ0v) is 12.3. The zero-order valence-electron chi connectivity index (χ0n) is 9.96. The summed E-state index contributed by atoms with van der Waals surface area (Å²) in [5, 5.41) is 12.0. The van der Waals surface area contributed by atoms with Crippen molar-refractivity contribution in [3.05, 3.63) is 33.3 Å². The van der Waals surface area contributed by atoms with Gasteiger partial charge in [0.25, 0.3) is 5.91 Å². The van der Waals surface area contributed by atoms with Crippen LogP contribution >= 0.6 is 27.5 Å². The second-order valence-corrected chi connectivity index (χ2v) is 5.76. The van der Waals surface area contributed by atoms with Crippen LogP contribution in [0.5, 0.6) is 0 Å². The molecule has 0 spiro atoms. The van der Waals surface area contributed by atoms with E-state index in [0.29, 0.717) is 15.1 Å². The van der Waals surface area contributed by atoms with Gasteiger partial charge in [-0.1, -0.05) is 11.6 Å². The van der Waals surface area contributed by atoms with Crippen LogP contribution in [0.3, 0.4) is 0 Å². The smallest absolute Gasteiger partial charge is 0.310 e. The van der Waals surface area contributed by atoms with Crippen LogP contribution in [0.15, 0.2) is 22.7 Å². The molecule has 0 fully saturated rings. The average molecular weight is 335 g/mol. The van der Waals surface area contributed by atoms with E-state index in [9.17, 15) is 9.59 Å². The predicted molar refractivity (Wildman–Crippen MR) is 72.9 cm³/mol. The maximum Gasteiger partial charge on any atom is 0.310 e. The fourth-order valence-corrected chi connectivity index (χ4v) is 1.61. The Kier molecular flexibility index (Phi) is 4.76. The first-order chi connectivity index (χ1) is 8.24. The minimum Gasteiger partial charge on any atom is -0.481 e. The molecular weight excluding hydrogens is 321 g/mol. The van der Waals surface area contributed by atoms with E-state index in [4.69, 9.17) is 16.7 Å². The van der Waals surface area contributed by atoms with Crippen LogP contribution in [0.25, 0.3) is 0 Å². The lowest BCUT2D eigenvalue weighted by Crippen LogP contribution is -2.38. The summed E-state index contributed by atoms with van der Waals surface area (Å²) in [5.74, 6) is -1.29. The first-order valence-corrected chi connectivity index (χ1v) is 6.38. The Morgan fingerprint density at radius 2 is 2.06 bits per heavy atom. The fourth-order valence-electron chi connectivity index (χ4n) is 1.12. The van der Waals surface area contributed by atoms with Gasteiger partial charge in [0.1, 0.15) is 0 Å². The first-order valence-electron chi connectivity index (χ1n) is 5.20. The van der Waals surface area contributed by atoms with E-state index in [1.807, 2.05) is 0 Å². The molecule has 0 unspecified atom stereocenters. The molecule has 1 aromatic rings. The standard InChI is InChI=1S/C12H13BrClNO3/c1-12(2,11(17)18)6-15-10(16)7-3-4-9(14)8(13)5-7/h3-5H,6H2,1-2H3,(H,15,16)(H,17,18). The topological polar surface area (TPSA) is 66.4 Å². The van der Waals surface area contributed by atoms with Crippen LogP contribution in [0.2, 0.25) is 5.02 Å². The molecule has 4 nitrogen and oxygen atoms in total. The molecule has 0 aliphatic heterocycles. The highest BCUT2D eigenvalue weighted by Gasteiger charge is 2.27. The molecule has 0 saturated heterocycles. The molecule has 1 rings (SSSR count). The van der Waals surface area contributed by atoms with Crippen LogP contribution in [0.4, 0.5) is 0 Å². The number of aliphatic carboxylic acids is 1. The zero-order chi connectivity index (χ0) is 13.9. The van der Waals surface area contributed by atoms with Gasteiger partial charge >= 0.3 is 5.97 Å². The summed E-state index contributed by atoms with van der Waals surface area (Å²) < 4.78 is 0.620. The van der Waals surface area contributed by atoms with E-state index in [0.717, 1.165) is 0 Å². The second-order valence-electron chi connectivity index (χ2n) is 4.50. The Balaban J connectivity index is 2.72. The molecule has 2 N–H and O–H groups in total. The molecule has 0 atom stereocenters. The molecule has 0 aliphatic carbocycles. The van der Waals surface area contributed by atoms with Crippen molar-refractivity contribution in [2.24, 2.45) is 5.41 Å². The van der Waals surface area contributed by atoms with Gasteiger partial charge in [-0.15, -0.1) is 0 Å². The van der Waals surface area contributed by atoms with Crippen LogP contribution in [0, 0.1) is 5.41 Å². The van der Waals surface area contributed by atoms with Crippen molar-refractivity contribution >= 4 is 39.4 Å². The quantitative estimate of drug-likeness (QED) is 0.889. The molecule has 0 radical (unpaired) electrons. The summed E-state index contributed by atoms with van der Waals surface area (Å²) in [6, 6.07) is 4.77. The highest BCUT2D eigenvalue weighted by molar-refractivity contribution is 9.10. The number of hydrogen-bond donors (Lipinski definition) is 2. The summed E-state index contributed by atoms with van der Waals surface area (Å²) in [5.41, 5.74) is -0.577. The first kappa shape index (κ1) is 15.0. The van der Waals surface area contributed by atoms with Crippen LogP contribution < -0.4 is 5.32 Å². The number of nitrogens with one attached hydrogen (secondary N) is 1. The van der Waals surface area contributed by atoms with Crippen molar-refractivity contribution < 1.29 is 14.7 Å². The normalized spacial score (nSPS) is 11.1. The third-order valence-corrected chi connectivity index (χ3v) is 3.67. The molecule has 98 valence electrons. The molecule has 0 aromatic heterocycles. The van der Waals surface area contributed by atoms with Gasteiger partial charge in [-0.2, -0.15) is 0 Å². The highest BCUT2D eigenvalue weighted by Crippen LogP contribution is 2.23. The molecule has 6 heteroatoms. The minimum atomic E-state index is -1.00. The third-order valence-electron chi connectivity index (χ3n) is 2.45. The van der Waals surface area contributed by atoms with E-state index in [2.05, 4.69) is 21.2 Å². The number of rotatable bonds is 4. The Morgan fingerprint density at radius 3 is 2.56 bits per heavy atom. The SMILES string of the molecule is CC(C)(CNC(=O)c1ccc(Cl)c(Br)c1)C(=O)O. The number of halogens is 2. The average Bonchev–Trinajstić information content (AvgIpc) is 2.29. The van der Waals surface area contributed by atoms with Gasteiger partial charge in [0.05, 0.1) is 10.4 Å². The second kappa shape index (κ2) is 5.71. The van der Waals surface area contributed by atoms with Crippen molar-refractivity contribution in [1.82, 2.24) is 5.32 Å². The molecule has 0 heterocycles. The number of carbonyl (C=O) groups excluding carboxylic acids is 1. The van der Waals surface area contributed by atoms with Gasteiger partial charge in [0.2, 0.25) is 0 Å². The predicted octanol–water partition coefficient (Wildman–Crippen LogP) is 2.94. The lowest BCUT2D eigenvalue weighted by atomic mass is 9.94. The van der Waals surface area contributed by atoms with Gasteiger partial charge < -0.3 is 10.4 Å². The maximum atomic E-state index is 11.8. The third kappa shape index (κ3) is 3.71. The van der Waals surface area contributed by atoms with E-state index < -0.39 is 11.4 Å². The highest BCUT2D eigenvalue weighted by atomic mass is 79.9. The Hall–Kier alpha value is -1.07. The summed E-state index contributed by atoms with van der Waals surface area (Å²) in [6.07, 6.45) is 0. The van der Waals surface area contributed by atoms with Crippen LogP contribution in [-0.2, 0) is 4.79 Å². The lowest BCUT2D eigenvalue weighted by molar-refractivity contribution is -0.146. The molecule has 0 saturated carbocycles. The maximum absolute atomic E-state index is 11.8. The van der Waals surface area contributed by atoms with E-state index in [1.165, 1.54) is 0 Å². The van der Waals surface area contributed by atoms with Crippen molar-refractivity contribution in [1.29, 1.82) is 0 Å². The number of carboxylic acids is 1. The monoisotopic (exact) mass is 333 g/mol. The van der Waals surface area contributed by atoms with Crippen molar-refractivity contribution in [3.63, 3.8) is 0 Å². The van der Waals surface area contributed by atoms with Gasteiger partial charge in [0.15, 0.2) is 0 Å². The van der Waals surface area contributed by atoms with Crippen molar-refractivity contribution in [3.8, 4) is 0 Å². The van der Waals surface area contributed by atoms with Crippen LogP contribution in [0.1, 0.15) is 24.2 Å². The number of carboxylic acid groups (broad SMARTS) is 1. The number of hydrogen-bond acceptors (Lipinski definition) is 2. The van der Waals surface area contributed by atoms with Crippen LogP contribution in [-0.4, -0.2) is 23.5 Å². The molecular formula is C12H13BrClNO3. The van der Waals surface area contributed by atoms with Gasteiger partial charge in [0, 0.05) is 16.6 Å². The van der Waals surface area contributed by atoms with E-state index in [1.54, 1.807) is 32.0 Å². The molecule has 0 aliphatic rings. The van der Waals surface area contributed by atoms with Gasteiger partial charge in [-0.05, 0) is 48.0 Å². The summed E-state index contributed by atoms with van der Waals surface area (Å²) in [6.45, 7) is 3.15.